The second-order valence-corrected chi connectivity index (χ2v) is 6.87. The van der Waals surface area contributed by atoms with Gasteiger partial charge in [0, 0.05) is 37.3 Å². The Kier molecular flexibility index (Phi) is 6.05. The molecule has 1 aliphatic rings. The SMILES string of the molecule is CNCC1CCN(Cc2cn(C)nc2C(C)(C)C)C1.Cl. The molecule has 20 heavy (non-hydrogen) atoms. The molecule has 0 aromatic carbocycles. The van der Waals surface area contributed by atoms with Crippen LogP contribution in [-0.2, 0) is 19.0 Å². The number of aromatic nitrogens is 2. The van der Waals surface area contributed by atoms with Crippen molar-refractivity contribution in [3.8, 4) is 0 Å². The summed E-state index contributed by atoms with van der Waals surface area (Å²) in [5.74, 6) is 0.805. The number of hydrogen-bond donors (Lipinski definition) is 1. The van der Waals surface area contributed by atoms with E-state index in [1.807, 2.05) is 18.8 Å². The van der Waals surface area contributed by atoms with Crippen molar-refractivity contribution < 1.29 is 0 Å². The van der Waals surface area contributed by atoms with Crippen LogP contribution in [0.4, 0.5) is 0 Å². The minimum Gasteiger partial charge on any atom is -0.319 e. The van der Waals surface area contributed by atoms with Crippen LogP contribution in [0.2, 0.25) is 0 Å². The molecular formula is C15H29ClN4. The number of aryl methyl sites for hydroxylation is 1. The van der Waals surface area contributed by atoms with Gasteiger partial charge in [0.1, 0.15) is 0 Å². The third-order valence-corrected chi connectivity index (χ3v) is 3.87. The largest absolute Gasteiger partial charge is 0.319 e. The first-order valence-corrected chi connectivity index (χ1v) is 7.30. The molecule has 1 N–H and O–H groups in total. The second kappa shape index (κ2) is 6.92. The average molecular weight is 301 g/mol. The second-order valence-electron chi connectivity index (χ2n) is 6.87. The summed E-state index contributed by atoms with van der Waals surface area (Å²) in [6, 6.07) is 0. The molecule has 0 radical (unpaired) electrons. The summed E-state index contributed by atoms with van der Waals surface area (Å²) in [5, 5.41) is 7.95. The topological polar surface area (TPSA) is 33.1 Å². The smallest absolute Gasteiger partial charge is 0.0722 e. The van der Waals surface area contributed by atoms with Crippen molar-refractivity contribution in [2.75, 3.05) is 26.7 Å². The number of hydrogen-bond acceptors (Lipinski definition) is 3. The predicted molar refractivity (Wildman–Crippen MR) is 86.5 cm³/mol. The zero-order chi connectivity index (χ0) is 14.0. The minimum atomic E-state index is 0. The average Bonchev–Trinajstić information content (AvgIpc) is 2.86. The molecule has 1 aromatic rings. The summed E-state index contributed by atoms with van der Waals surface area (Å²) in [7, 11) is 4.06. The summed E-state index contributed by atoms with van der Waals surface area (Å²) in [4.78, 5) is 2.56. The van der Waals surface area contributed by atoms with Crippen molar-refractivity contribution >= 4 is 12.4 Å². The van der Waals surface area contributed by atoms with Gasteiger partial charge in [0.2, 0.25) is 0 Å². The molecule has 0 aliphatic carbocycles. The van der Waals surface area contributed by atoms with E-state index in [-0.39, 0.29) is 17.8 Å². The lowest BCUT2D eigenvalue weighted by atomic mass is 9.89. The first-order valence-electron chi connectivity index (χ1n) is 7.30. The summed E-state index contributed by atoms with van der Waals surface area (Å²) in [5.41, 5.74) is 2.76. The van der Waals surface area contributed by atoms with Crippen LogP contribution in [0.15, 0.2) is 6.20 Å². The van der Waals surface area contributed by atoms with Crippen LogP contribution < -0.4 is 5.32 Å². The number of nitrogens with one attached hydrogen (secondary N) is 1. The maximum Gasteiger partial charge on any atom is 0.0722 e. The number of nitrogens with zero attached hydrogens (tertiary/aromatic N) is 3. The highest BCUT2D eigenvalue weighted by molar-refractivity contribution is 5.85. The van der Waals surface area contributed by atoms with E-state index in [0.29, 0.717) is 0 Å². The maximum absolute atomic E-state index is 4.66. The van der Waals surface area contributed by atoms with Gasteiger partial charge in [0.15, 0.2) is 0 Å². The van der Waals surface area contributed by atoms with Gasteiger partial charge in [-0.05, 0) is 32.5 Å². The highest BCUT2D eigenvalue weighted by Crippen LogP contribution is 2.26. The van der Waals surface area contributed by atoms with E-state index >= 15 is 0 Å². The van der Waals surface area contributed by atoms with Gasteiger partial charge in [-0.25, -0.2) is 0 Å². The summed E-state index contributed by atoms with van der Waals surface area (Å²) >= 11 is 0. The lowest BCUT2D eigenvalue weighted by Gasteiger charge is -2.21. The highest BCUT2D eigenvalue weighted by atomic mass is 35.5. The van der Waals surface area contributed by atoms with Crippen molar-refractivity contribution in [2.24, 2.45) is 13.0 Å². The van der Waals surface area contributed by atoms with Crippen molar-refractivity contribution in [1.82, 2.24) is 20.0 Å². The van der Waals surface area contributed by atoms with Crippen LogP contribution in [0.25, 0.3) is 0 Å². The molecule has 1 fully saturated rings. The highest BCUT2D eigenvalue weighted by Gasteiger charge is 2.26. The monoisotopic (exact) mass is 300 g/mol. The van der Waals surface area contributed by atoms with E-state index in [2.05, 4.69) is 42.3 Å². The first-order chi connectivity index (χ1) is 8.90. The van der Waals surface area contributed by atoms with Crippen molar-refractivity contribution in [3.05, 3.63) is 17.5 Å². The predicted octanol–water partition coefficient (Wildman–Crippen LogP) is 2.18. The Balaban J connectivity index is 0.00000200. The van der Waals surface area contributed by atoms with Gasteiger partial charge in [-0.1, -0.05) is 20.8 Å². The summed E-state index contributed by atoms with van der Waals surface area (Å²) < 4.78 is 1.96. The van der Waals surface area contributed by atoms with Crippen LogP contribution in [-0.4, -0.2) is 41.4 Å². The van der Waals surface area contributed by atoms with Crippen molar-refractivity contribution in [2.45, 2.75) is 39.2 Å². The zero-order valence-electron chi connectivity index (χ0n) is 13.4. The standard InChI is InChI=1S/C15H28N4.ClH/c1-15(2,3)14-13(10-18(5)17-14)11-19-7-6-12(9-19)8-16-4;/h10,12,16H,6-9,11H2,1-5H3;1H. The molecule has 1 unspecified atom stereocenters. The molecule has 0 bridgehead atoms. The molecule has 0 spiro atoms. The van der Waals surface area contributed by atoms with Crippen LogP contribution in [0.3, 0.4) is 0 Å². The van der Waals surface area contributed by atoms with E-state index in [1.54, 1.807) is 0 Å². The lowest BCUT2D eigenvalue weighted by molar-refractivity contribution is 0.312. The molecule has 1 aromatic heterocycles. The van der Waals surface area contributed by atoms with Crippen LogP contribution in [0.5, 0.6) is 0 Å². The quantitative estimate of drug-likeness (QED) is 0.925. The summed E-state index contributed by atoms with van der Waals surface area (Å²) in [6.07, 6.45) is 3.50. The summed E-state index contributed by atoms with van der Waals surface area (Å²) in [6.45, 7) is 11.3. The van der Waals surface area contributed by atoms with Gasteiger partial charge < -0.3 is 5.32 Å². The normalized spacial score (nSPS) is 20.1. The van der Waals surface area contributed by atoms with Crippen LogP contribution in [0, 0.1) is 5.92 Å². The van der Waals surface area contributed by atoms with Gasteiger partial charge in [0.05, 0.1) is 5.69 Å². The molecule has 0 amide bonds. The van der Waals surface area contributed by atoms with Crippen LogP contribution >= 0.6 is 12.4 Å². The molecule has 2 rings (SSSR count). The van der Waals surface area contributed by atoms with E-state index in [9.17, 15) is 0 Å². The fourth-order valence-electron chi connectivity index (χ4n) is 3.04. The van der Waals surface area contributed by atoms with Crippen molar-refractivity contribution in [3.63, 3.8) is 0 Å². The third kappa shape index (κ3) is 4.21. The van der Waals surface area contributed by atoms with E-state index in [1.165, 1.54) is 30.8 Å². The molecule has 1 saturated heterocycles. The lowest BCUT2D eigenvalue weighted by Crippen LogP contribution is -2.25. The molecule has 1 aliphatic heterocycles. The Morgan fingerprint density at radius 2 is 2.10 bits per heavy atom. The van der Waals surface area contributed by atoms with Crippen LogP contribution in [0.1, 0.15) is 38.4 Å². The Bertz CT molecular complexity index is 422. The van der Waals surface area contributed by atoms with Gasteiger partial charge in [0.25, 0.3) is 0 Å². The zero-order valence-corrected chi connectivity index (χ0v) is 14.3. The molecule has 116 valence electrons. The Morgan fingerprint density at radius 1 is 1.40 bits per heavy atom. The Hall–Kier alpha value is -0.580. The Labute approximate surface area is 129 Å². The fourth-order valence-corrected chi connectivity index (χ4v) is 3.04. The molecule has 4 nitrogen and oxygen atoms in total. The first kappa shape index (κ1) is 17.5. The van der Waals surface area contributed by atoms with Gasteiger partial charge in [-0.2, -0.15) is 5.10 Å². The molecule has 5 heteroatoms. The van der Waals surface area contributed by atoms with E-state index in [4.69, 9.17) is 0 Å². The number of halogens is 1. The maximum atomic E-state index is 4.66. The van der Waals surface area contributed by atoms with E-state index in [0.717, 1.165) is 19.0 Å². The van der Waals surface area contributed by atoms with Gasteiger partial charge in [-0.15, -0.1) is 12.4 Å². The molecule has 2 heterocycles. The molecule has 0 saturated carbocycles. The molecular weight excluding hydrogens is 272 g/mol. The minimum absolute atomic E-state index is 0. The van der Waals surface area contributed by atoms with Crippen molar-refractivity contribution in [1.29, 1.82) is 0 Å². The van der Waals surface area contributed by atoms with Gasteiger partial charge >= 0.3 is 0 Å². The van der Waals surface area contributed by atoms with Gasteiger partial charge in [-0.3, -0.25) is 9.58 Å². The number of rotatable bonds is 4. The fraction of sp³-hybridized carbons (Fsp3) is 0.800. The number of likely N-dealkylation sites (tertiary alicyclic amines) is 1. The Morgan fingerprint density at radius 3 is 2.70 bits per heavy atom. The third-order valence-electron chi connectivity index (χ3n) is 3.87. The molecule has 1 atom stereocenters. The van der Waals surface area contributed by atoms with E-state index < -0.39 is 0 Å².